The number of nitrogens with zero attached hydrogens (tertiary/aromatic N) is 1. The van der Waals surface area contributed by atoms with Gasteiger partial charge in [0.1, 0.15) is 0 Å². The summed E-state index contributed by atoms with van der Waals surface area (Å²) in [5, 5.41) is 8.57. The van der Waals surface area contributed by atoms with Crippen LogP contribution in [0.15, 0.2) is 0 Å². The molecule has 0 aliphatic rings. The molecule has 0 bridgehead atoms. The Hall–Kier alpha value is -2.46. The van der Waals surface area contributed by atoms with Crippen molar-refractivity contribution in [2.45, 2.75) is 127 Å². The van der Waals surface area contributed by atoms with Crippen molar-refractivity contribution in [2.75, 3.05) is 18.5 Å². The maximum Gasteiger partial charge on any atom is 0.460 e. The van der Waals surface area contributed by atoms with Gasteiger partial charge in [-0.15, -0.1) is 7.92 Å². The molecule has 0 N–H and O–H groups in total. The molecule has 0 rings (SSSR count). The summed E-state index contributed by atoms with van der Waals surface area (Å²) >= 11 is 0. The van der Waals surface area contributed by atoms with E-state index in [0.717, 1.165) is 6.07 Å². The van der Waals surface area contributed by atoms with Crippen molar-refractivity contribution in [3.8, 4) is 6.07 Å². The van der Waals surface area contributed by atoms with Crippen LogP contribution in [0.25, 0.3) is 0 Å². The zero-order valence-corrected chi connectivity index (χ0v) is 28.8. The first kappa shape index (κ1) is 58.5. The third-order valence-electron chi connectivity index (χ3n) is 8.04. The smallest absolute Gasteiger partial charge is 0.200 e. The lowest BCUT2D eigenvalue weighted by molar-refractivity contribution is -0.461. The fourth-order valence-corrected chi connectivity index (χ4v) is 6.60. The third-order valence-corrected chi connectivity index (χ3v) is 10.8. The SMILES string of the molecule is N#CCCP(CCCC(F)(F)C(F)(F)C(F)(F)C(F)(F)C(F)(F)C(F)(F)C(F)(F)C(F)(F)F)CCCC(F)(F)C(F)(F)C(F)(F)C(F)(F)C(F)(F)C(F)(F)C(F)(F)C(F)(F)F. The molecule has 0 aromatic rings. The molecule has 61 heavy (non-hydrogen) atoms. The van der Waals surface area contributed by atoms with Gasteiger partial charge in [0.25, 0.3) is 0 Å². The molecule has 0 saturated heterocycles. The molecular weight excluding hydrogens is 991 g/mol. The van der Waals surface area contributed by atoms with Crippen LogP contribution in [0, 0.1) is 11.3 Å². The number of alkyl halides is 34. The molecule has 0 aromatic heterocycles. The summed E-state index contributed by atoms with van der Waals surface area (Å²) in [6.45, 7) is 0. The Labute approximate surface area is 315 Å². The summed E-state index contributed by atoms with van der Waals surface area (Å²) in [7, 11) is -2.83. The lowest BCUT2D eigenvalue weighted by Gasteiger charge is -2.43. The molecule has 0 atom stereocenters. The van der Waals surface area contributed by atoms with Gasteiger partial charge in [-0.05, 0) is 31.3 Å². The van der Waals surface area contributed by atoms with Crippen LogP contribution in [-0.4, -0.2) is 114 Å². The van der Waals surface area contributed by atoms with Gasteiger partial charge in [0.15, 0.2) is 0 Å². The van der Waals surface area contributed by atoms with Gasteiger partial charge in [0.2, 0.25) is 0 Å². The van der Waals surface area contributed by atoms with Crippen molar-refractivity contribution in [3.05, 3.63) is 0 Å². The predicted octanol–water partition coefficient (Wildman–Crippen LogP) is 14.0. The van der Waals surface area contributed by atoms with E-state index >= 15 is 0 Å². The van der Waals surface area contributed by atoms with Gasteiger partial charge in [-0.3, -0.25) is 0 Å². The van der Waals surface area contributed by atoms with E-state index in [4.69, 9.17) is 5.26 Å². The first-order chi connectivity index (χ1) is 26.1. The van der Waals surface area contributed by atoms with Crippen LogP contribution < -0.4 is 0 Å². The molecule has 0 aliphatic heterocycles. The Morgan fingerprint density at radius 2 is 0.475 bits per heavy atom. The summed E-state index contributed by atoms with van der Waals surface area (Å²) in [6.07, 6.45) is -31.4. The standard InChI is InChI=1S/C25H16F34NP/c26-10(27,12(30,31)14(34,35)16(38,39)18(42,43)20(46,47)22(50,51)24(54,55)56)4-1-7-61(9-3-6-60)8-2-5-11(28,29)13(32,33)15(36,37)17(40,41)19(44,45)21(48,49)23(52,53)25(57,58)59/h1-5,7-9H2. The molecular formula is C25H16F34NP. The van der Waals surface area contributed by atoms with Gasteiger partial charge in [0, 0.05) is 19.3 Å². The van der Waals surface area contributed by atoms with Gasteiger partial charge >= 0.3 is 95.3 Å². The second-order valence-corrected chi connectivity index (χ2v) is 14.9. The van der Waals surface area contributed by atoms with E-state index in [-0.39, 0.29) is 0 Å². The third kappa shape index (κ3) is 8.86. The lowest BCUT2D eigenvalue weighted by atomic mass is 9.88. The highest BCUT2D eigenvalue weighted by molar-refractivity contribution is 7.57. The van der Waals surface area contributed by atoms with Gasteiger partial charge in [0.05, 0.1) is 6.07 Å². The largest absolute Gasteiger partial charge is 0.460 e. The molecule has 0 spiro atoms. The zero-order chi connectivity index (χ0) is 49.9. The highest BCUT2D eigenvalue weighted by Gasteiger charge is 2.96. The molecule has 0 unspecified atom stereocenters. The number of nitriles is 1. The minimum Gasteiger partial charge on any atom is -0.200 e. The molecule has 0 aliphatic carbocycles. The summed E-state index contributed by atoms with van der Waals surface area (Å²) in [6, 6.07) is 1.13. The van der Waals surface area contributed by atoms with Crippen LogP contribution in [0.2, 0.25) is 0 Å². The molecule has 0 amide bonds. The van der Waals surface area contributed by atoms with E-state index in [1.807, 2.05) is 0 Å². The van der Waals surface area contributed by atoms with Crippen LogP contribution >= 0.6 is 7.92 Å². The molecule has 0 fully saturated rings. The van der Waals surface area contributed by atoms with E-state index in [0.29, 0.717) is 0 Å². The highest BCUT2D eigenvalue weighted by atomic mass is 31.1. The number of hydrogen-bond donors (Lipinski definition) is 0. The first-order valence-electron chi connectivity index (χ1n) is 14.7. The Kier molecular flexibility index (Phi) is 15.8. The molecule has 364 valence electrons. The highest BCUT2D eigenvalue weighted by Crippen LogP contribution is 2.66. The Balaban J connectivity index is 6.44. The van der Waals surface area contributed by atoms with Crippen molar-refractivity contribution in [1.82, 2.24) is 0 Å². The van der Waals surface area contributed by atoms with E-state index in [2.05, 4.69) is 0 Å². The van der Waals surface area contributed by atoms with Gasteiger partial charge in [-0.1, -0.05) is 0 Å². The predicted molar refractivity (Wildman–Crippen MR) is 132 cm³/mol. The molecule has 0 saturated carbocycles. The van der Waals surface area contributed by atoms with E-state index < -0.39 is 154 Å². The minimum atomic E-state index is -8.99. The van der Waals surface area contributed by atoms with E-state index in [1.165, 1.54) is 0 Å². The molecule has 1 nitrogen and oxygen atoms in total. The molecule has 0 radical (unpaired) electrons. The fraction of sp³-hybridized carbons (Fsp3) is 0.960. The maximum absolute atomic E-state index is 14.2. The zero-order valence-electron chi connectivity index (χ0n) is 27.9. The normalized spacial score (nSPS) is 16.4. The number of halogens is 34. The molecule has 36 heteroatoms. The summed E-state index contributed by atoms with van der Waals surface area (Å²) in [5.41, 5.74) is 0. The van der Waals surface area contributed by atoms with Crippen LogP contribution in [0.3, 0.4) is 0 Å². The van der Waals surface area contributed by atoms with Crippen LogP contribution in [0.1, 0.15) is 32.1 Å². The van der Waals surface area contributed by atoms with E-state index in [1.54, 1.807) is 0 Å². The van der Waals surface area contributed by atoms with Crippen molar-refractivity contribution in [3.63, 3.8) is 0 Å². The van der Waals surface area contributed by atoms with Crippen molar-refractivity contribution < 1.29 is 149 Å². The Morgan fingerprint density at radius 3 is 0.672 bits per heavy atom. The van der Waals surface area contributed by atoms with Crippen molar-refractivity contribution in [1.29, 1.82) is 5.26 Å². The second-order valence-electron chi connectivity index (χ2n) is 12.3. The summed E-state index contributed by atoms with van der Waals surface area (Å²) in [4.78, 5) is 0. The van der Waals surface area contributed by atoms with Crippen LogP contribution in [-0.2, 0) is 0 Å². The van der Waals surface area contributed by atoms with Crippen LogP contribution in [0.4, 0.5) is 149 Å². The summed E-state index contributed by atoms with van der Waals surface area (Å²) in [5.74, 6) is -118. The summed E-state index contributed by atoms with van der Waals surface area (Å²) < 4.78 is 456. The van der Waals surface area contributed by atoms with Crippen molar-refractivity contribution in [2.24, 2.45) is 0 Å². The molecule has 0 heterocycles. The monoisotopic (exact) mass is 1010 g/mol. The van der Waals surface area contributed by atoms with Gasteiger partial charge in [-0.25, -0.2) is 0 Å². The number of hydrogen-bond acceptors (Lipinski definition) is 1. The van der Waals surface area contributed by atoms with Gasteiger partial charge < -0.3 is 0 Å². The average molecular weight is 1010 g/mol. The number of rotatable bonds is 22. The van der Waals surface area contributed by atoms with Crippen molar-refractivity contribution >= 4 is 7.92 Å². The maximum atomic E-state index is 14.2. The Morgan fingerprint density at radius 1 is 0.279 bits per heavy atom. The van der Waals surface area contributed by atoms with E-state index in [9.17, 15) is 149 Å². The van der Waals surface area contributed by atoms with Gasteiger partial charge in [-0.2, -0.15) is 155 Å². The lowest BCUT2D eigenvalue weighted by Crippen LogP contribution is -2.74. The quantitative estimate of drug-likeness (QED) is 0.0783. The molecule has 0 aromatic carbocycles. The Bertz CT molecular complexity index is 1430. The topological polar surface area (TPSA) is 23.8 Å². The second kappa shape index (κ2) is 16.5. The average Bonchev–Trinajstić information content (AvgIpc) is 3.04. The first-order valence-corrected chi connectivity index (χ1v) is 16.6. The minimum absolute atomic E-state index is 0.998. The fourth-order valence-electron chi connectivity index (χ4n) is 4.30. The van der Waals surface area contributed by atoms with Crippen LogP contribution in [0.5, 0.6) is 0 Å².